The smallest absolute Gasteiger partial charge is 0.339 e. The summed E-state index contributed by atoms with van der Waals surface area (Å²) in [6, 6.07) is 2.91. The number of hydrogen-bond acceptors (Lipinski definition) is 3. The number of aromatic carboxylic acids is 1. The van der Waals surface area contributed by atoms with Gasteiger partial charge in [-0.2, -0.15) is 0 Å². The number of carbonyl (C=O) groups is 1. The van der Waals surface area contributed by atoms with Crippen molar-refractivity contribution in [3.8, 4) is 11.5 Å². The van der Waals surface area contributed by atoms with E-state index in [2.05, 4.69) is 0 Å². The molecule has 0 heterocycles. The van der Waals surface area contributed by atoms with Crippen LogP contribution in [0.2, 0.25) is 5.02 Å². The molecule has 5 heteroatoms. The summed E-state index contributed by atoms with van der Waals surface area (Å²) in [7, 11) is 1.45. The molecule has 0 spiro atoms. The van der Waals surface area contributed by atoms with E-state index in [0.717, 1.165) is 6.42 Å². The molecule has 0 unspecified atom stereocenters. The van der Waals surface area contributed by atoms with E-state index in [-0.39, 0.29) is 16.3 Å². The maximum absolute atomic E-state index is 11.0. The van der Waals surface area contributed by atoms with E-state index >= 15 is 0 Å². The average Bonchev–Trinajstić information content (AvgIpc) is 2.26. The van der Waals surface area contributed by atoms with E-state index in [4.69, 9.17) is 26.2 Å². The number of methoxy groups -OCH3 is 1. The molecule has 0 aromatic heterocycles. The van der Waals surface area contributed by atoms with Crippen LogP contribution in [0.4, 0.5) is 0 Å². The first-order valence-electron chi connectivity index (χ1n) is 4.83. The van der Waals surface area contributed by atoms with E-state index in [1.807, 2.05) is 6.92 Å². The molecule has 1 aromatic carbocycles. The van der Waals surface area contributed by atoms with Gasteiger partial charge in [-0.3, -0.25) is 0 Å². The topological polar surface area (TPSA) is 55.8 Å². The molecule has 1 N–H and O–H groups in total. The van der Waals surface area contributed by atoms with E-state index in [0.29, 0.717) is 12.4 Å². The van der Waals surface area contributed by atoms with Crippen molar-refractivity contribution in [3.63, 3.8) is 0 Å². The molecule has 88 valence electrons. The van der Waals surface area contributed by atoms with Gasteiger partial charge in [-0.05, 0) is 12.5 Å². The van der Waals surface area contributed by atoms with Gasteiger partial charge in [-0.15, -0.1) is 0 Å². The molecule has 0 atom stereocenters. The first-order chi connectivity index (χ1) is 7.60. The first kappa shape index (κ1) is 12.6. The predicted molar refractivity (Wildman–Crippen MR) is 60.7 cm³/mol. The molecule has 0 saturated heterocycles. The molecular weight excluding hydrogens is 232 g/mol. The number of benzene rings is 1. The molecule has 0 amide bonds. The summed E-state index contributed by atoms with van der Waals surface area (Å²) in [6.45, 7) is 2.35. The number of rotatable bonds is 5. The Balaban J connectivity index is 3.17. The number of carboxylic acid groups (broad SMARTS) is 1. The monoisotopic (exact) mass is 244 g/mol. The zero-order chi connectivity index (χ0) is 12.1. The van der Waals surface area contributed by atoms with Crippen molar-refractivity contribution in [1.29, 1.82) is 0 Å². The number of halogens is 1. The fourth-order valence-electron chi connectivity index (χ4n) is 1.20. The average molecular weight is 245 g/mol. The van der Waals surface area contributed by atoms with Crippen molar-refractivity contribution < 1.29 is 19.4 Å². The highest BCUT2D eigenvalue weighted by atomic mass is 35.5. The second kappa shape index (κ2) is 5.61. The van der Waals surface area contributed by atoms with Crippen LogP contribution in [0.5, 0.6) is 11.5 Å². The molecule has 16 heavy (non-hydrogen) atoms. The van der Waals surface area contributed by atoms with E-state index in [1.54, 1.807) is 0 Å². The van der Waals surface area contributed by atoms with E-state index in [9.17, 15) is 4.79 Å². The molecule has 0 saturated carbocycles. The van der Waals surface area contributed by atoms with Crippen molar-refractivity contribution in [1.82, 2.24) is 0 Å². The Morgan fingerprint density at radius 3 is 2.69 bits per heavy atom. The minimum atomic E-state index is -1.09. The highest BCUT2D eigenvalue weighted by Crippen LogP contribution is 2.33. The van der Waals surface area contributed by atoms with Crippen LogP contribution >= 0.6 is 11.6 Å². The van der Waals surface area contributed by atoms with Crippen LogP contribution in [0.15, 0.2) is 12.1 Å². The van der Waals surface area contributed by atoms with Gasteiger partial charge in [0.15, 0.2) is 5.75 Å². The Bertz CT molecular complexity index is 390. The molecule has 0 fully saturated rings. The summed E-state index contributed by atoms with van der Waals surface area (Å²) in [6.07, 6.45) is 0.779. The molecule has 0 bridgehead atoms. The van der Waals surface area contributed by atoms with Crippen molar-refractivity contribution >= 4 is 17.6 Å². The van der Waals surface area contributed by atoms with Crippen LogP contribution in [0.1, 0.15) is 23.7 Å². The fourth-order valence-corrected chi connectivity index (χ4v) is 1.46. The summed E-state index contributed by atoms with van der Waals surface area (Å²) in [5, 5.41) is 9.26. The number of carboxylic acids is 1. The van der Waals surface area contributed by atoms with E-state index in [1.165, 1.54) is 19.2 Å². The SMILES string of the molecule is CCCOc1c(Cl)cc(OC)cc1C(=O)O. The maximum Gasteiger partial charge on any atom is 0.339 e. The highest BCUT2D eigenvalue weighted by Gasteiger charge is 2.17. The van der Waals surface area contributed by atoms with Crippen molar-refractivity contribution in [2.45, 2.75) is 13.3 Å². The highest BCUT2D eigenvalue weighted by molar-refractivity contribution is 6.32. The quantitative estimate of drug-likeness (QED) is 0.865. The predicted octanol–water partition coefficient (Wildman–Crippen LogP) is 2.84. The van der Waals surface area contributed by atoms with E-state index < -0.39 is 5.97 Å². The first-order valence-corrected chi connectivity index (χ1v) is 5.21. The Kier molecular flexibility index (Phi) is 4.43. The second-order valence-electron chi connectivity index (χ2n) is 3.14. The molecular formula is C11H13ClO4. The van der Waals surface area contributed by atoms with Crippen molar-refractivity contribution in [3.05, 3.63) is 22.7 Å². The maximum atomic E-state index is 11.0. The second-order valence-corrected chi connectivity index (χ2v) is 3.55. The summed E-state index contributed by atoms with van der Waals surface area (Å²) in [4.78, 5) is 11.0. The minimum absolute atomic E-state index is 0.0119. The largest absolute Gasteiger partial charge is 0.497 e. The van der Waals surface area contributed by atoms with Gasteiger partial charge in [0.05, 0.1) is 18.7 Å². The Labute approximate surface area is 98.7 Å². The normalized spacial score (nSPS) is 9.94. The molecule has 0 aliphatic rings. The third-order valence-corrected chi connectivity index (χ3v) is 2.21. The summed E-state index contributed by atoms with van der Waals surface area (Å²) >= 11 is 5.92. The van der Waals surface area contributed by atoms with Crippen LogP contribution in [0.3, 0.4) is 0 Å². The lowest BCUT2D eigenvalue weighted by Gasteiger charge is -2.11. The Morgan fingerprint density at radius 2 is 2.19 bits per heavy atom. The molecule has 0 aliphatic carbocycles. The van der Waals surface area contributed by atoms with Gasteiger partial charge in [-0.1, -0.05) is 18.5 Å². The Morgan fingerprint density at radius 1 is 1.50 bits per heavy atom. The van der Waals surface area contributed by atoms with Crippen LogP contribution in [-0.2, 0) is 0 Å². The van der Waals surface area contributed by atoms with Crippen LogP contribution in [-0.4, -0.2) is 24.8 Å². The Hall–Kier alpha value is -1.42. The van der Waals surface area contributed by atoms with Gasteiger partial charge in [-0.25, -0.2) is 4.79 Å². The van der Waals surface area contributed by atoms with Gasteiger partial charge in [0, 0.05) is 6.07 Å². The molecule has 0 aliphatic heterocycles. The van der Waals surface area contributed by atoms with Gasteiger partial charge in [0.25, 0.3) is 0 Å². The standard InChI is InChI=1S/C11H13ClO4/c1-3-4-16-10-8(11(13)14)5-7(15-2)6-9(10)12/h5-6H,3-4H2,1-2H3,(H,13,14). The lowest BCUT2D eigenvalue weighted by Crippen LogP contribution is -2.05. The van der Waals surface area contributed by atoms with Gasteiger partial charge in [0.2, 0.25) is 0 Å². The fraction of sp³-hybridized carbons (Fsp3) is 0.364. The van der Waals surface area contributed by atoms with Gasteiger partial charge in [0.1, 0.15) is 11.3 Å². The minimum Gasteiger partial charge on any atom is -0.497 e. The zero-order valence-corrected chi connectivity index (χ0v) is 9.87. The van der Waals surface area contributed by atoms with Crippen molar-refractivity contribution in [2.24, 2.45) is 0 Å². The molecule has 1 rings (SSSR count). The van der Waals surface area contributed by atoms with Gasteiger partial charge < -0.3 is 14.6 Å². The third kappa shape index (κ3) is 2.79. The van der Waals surface area contributed by atoms with Crippen LogP contribution < -0.4 is 9.47 Å². The lowest BCUT2D eigenvalue weighted by atomic mass is 10.2. The molecule has 4 nitrogen and oxygen atoms in total. The summed E-state index contributed by atoms with van der Waals surface area (Å²) in [5.74, 6) is -0.505. The zero-order valence-electron chi connectivity index (χ0n) is 9.12. The van der Waals surface area contributed by atoms with Crippen molar-refractivity contribution in [2.75, 3.05) is 13.7 Å². The lowest BCUT2D eigenvalue weighted by molar-refractivity contribution is 0.0692. The number of hydrogen-bond donors (Lipinski definition) is 1. The van der Waals surface area contributed by atoms with Crippen LogP contribution in [0.25, 0.3) is 0 Å². The summed E-state index contributed by atoms with van der Waals surface area (Å²) < 4.78 is 10.3. The summed E-state index contributed by atoms with van der Waals surface area (Å²) in [5.41, 5.74) is 0.0119. The van der Waals surface area contributed by atoms with Crippen LogP contribution in [0, 0.1) is 0 Å². The molecule has 1 aromatic rings. The number of ether oxygens (including phenoxy) is 2. The molecule has 0 radical (unpaired) electrons. The van der Waals surface area contributed by atoms with Gasteiger partial charge >= 0.3 is 5.97 Å². The third-order valence-electron chi connectivity index (χ3n) is 1.93.